The predicted octanol–water partition coefficient (Wildman–Crippen LogP) is 3.74. The number of benzene rings is 1. The molecule has 0 radical (unpaired) electrons. The molecule has 1 unspecified atom stereocenters. The molecule has 26 heavy (non-hydrogen) atoms. The fourth-order valence-corrected chi connectivity index (χ4v) is 3.37. The largest absolute Gasteiger partial charge is 0.366 e. The molecule has 6 nitrogen and oxygen atoms in total. The van der Waals surface area contributed by atoms with Gasteiger partial charge in [0.05, 0.1) is 11.2 Å². The normalized spacial score (nSPS) is 17.4. The van der Waals surface area contributed by atoms with Crippen molar-refractivity contribution < 1.29 is 4.39 Å². The fourth-order valence-electron chi connectivity index (χ4n) is 3.19. The third-order valence-corrected chi connectivity index (χ3v) is 4.88. The molecule has 1 atom stereocenters. The van der Waals surface area contributed by atoms with Gasteiger partial charge in [-0.1, -0.05) is 11.6 Å². The molecule has 0 spiro atoms. The summed E-state index contributed by atoms with van der Waals surface area (Å²) in [5, 5.41) is 14.7. The Morgan fingerprint density at radius 3 is 3.00 bits per heavy atom. The quantitative estimate of drug-likeness (QED) is 0.649. The molecule has 3 N–H and O–H groups in total. The highest BCUT2D eigenvalue weighted by atomic mass is 35.5. The molecule has 2 aromatic heterocycles. The van der Waals surface area contributed by atoms with Gasteiger partial charge >= 0.3 is 0 Å². The third kappa shape index (κ3) is 3.32. The minimum absolute atomic E-state index is 0.0741. The summed E-state index contributed by atoms with van der Waals surface area (Å²) in [7, 11) is 0. The lowest BCUT2D eigenvalue weighted by Gasteiger charge is -2.25. The average Bonchev–Trinajstić information content (AvgIpc) is 3.10. The average molecular weight is 375 g/mol. The van der Waals surface area contributed by atoms with Gasteiger partial charge in [0.25, 0.3) is 0 Å². The molecule has 1 fully saturated rings. The lowest BCUT2D eigenvalue weighted by atomic mass is 10.1. The summed E-state index contributed by atoms with van der Waals surface area (Å²) in [4.78, 5) is 4.70. The molecule has 136 valence electrons. The molecule has 1 aliphatic heterocycles. The van der Waals surface area contributed by atoms with E-state index < -0.39 is 5.82 Å². The molecule has 1 aliphatic rings. The summed E-state index contributed by atoms with van der Waals surface area (Å²) >= 11 is 5.91. The van der Waals surface area contributed by atoms with E-state index >= 15 is 0 Å². The smallest absolute Gasteiger partial charge is 0.159 e. The summed E-state index contributed by atoms with van der Waals surface area (Å²) in [5.41, 5.74) is 2.36. The van der Waals surface area contributed by atoms with E-state index in [9.17, 15) is 4.39 Å². The van der Waals surface area contributed by atoms with E-state index in [4.69, 9.17) is 16.6 Å². The molecule has 4 rings (SSSR count). The highest BCUT2D eigenvalue weighted by Crippen LogP contribution is 2.29. The van der Waals surface area contributed by atoms with Crippen LogP contribution in [0, 0.1) is 12.7 Å². The van der Waals surface area contributed by atoms with Crippen LogP contribution in [0.1, 0.15) is 18.4 Å². The van der Waals surface area contributed by atoms with E-state index in [1.165, 1.54) is 6.07 Å². The van der Waals surface area contributed by atoms with Crippen LogP contribution >= 0.6 is 11.6 Å². The number of piperidine rings is 1. The first-order valence-electron chi connectivity index (χ1n) is 8.65. The second-order valence-electron chi connectivity index (χ2n) is 6.48. The van der Waals surface area contributed by atoms with Gasteiger partial charge in [-0.2, -0.15) is 9.61 Å². The third-order valence-electron chi connectivity index (χ3n) is 4.59. The Labute approximate surface area is 155 Å². The predicted molar refractivity (Wildman–Crippen MR) is 102 cm³/mol. The van der Waals surface area contributed by atoms with E-state index in [1.807, 2.05) is 13.0 Å². The van der Waals surface area contributed by atoms with Crippen LogP contribution in [0.4, 0.5) is 21.7 Å². The Balaban J connectivity index is 1.71. The minimum Gasteiger partial charge on any atom is -0.366 e. The van der Waals surface area contributed by atoms with Gasteiger partial charge in [0.15, 0.2) is 5.65 Å². The van der Waals surface area contributed by atoms with Gasteiger partial charge in [-0.15, -0.1) is 0 Å². The zero-order valence-electron chi connectivity index (χ0n) is 14.4. The lowest BCUT2D eigenvalue weighted by molar-refractivity contribution is 0.479. The van der Waals surface area contributed by atoms with Gasteiger partial charge in [0, 0.05) is 29.9 Å². The number of fused-ring (bicyclic) bond motifs is 1. The molecule has 1 aromatic carbocycles. The van der Waals surface area contributed by atoms with Gasteiger partial charge in [0.2, 0.25) is 0 Å². The molecule has 3 heterocycles. The highest BCUT2D eigenvalue weighted by Gasteiger charge is 2.18. The second-order valence-corrected chi connectivity index (χ2v) is 6.88. The van der Waals surface area contributed by atoms with Gasteiger partial charge in [-0.05, 0) is 44.5 Å². The van der Waals surface area contributed by atoms with Crippen LogP contribution in [0.5, 0.6) is 0 Å². The number of aromatic nitrogens is 3. The summed E-state index contributed by atoms with van der Waals surface area (Å²) in [6.45, 7) is 3.96. The molecule has 1 saturated heterocycles. The van der Waals surface area contributed by atoms with Gasteiger partial charge in [0.1, 0.15) is 17.5 Å². The van der Waals surface area contributed by atoms with Crippen molar-refractivity contribution in [3.8, 4) is 0 Å². The van der Waals surface area contributed by atoms with Crippen LogP contribution in [0.2, 0.25) is 5.02 Å². The molecule has 0 amide bonds. The van der Waals surface area contributed by atoms with Gasteiger partial charge in [-0.3, -0.25) is 0 Å². The molecule has 0 saturated carbocycles. The van der Waals surface area contributed by atoms with Crippen LogP contribution in [-0.4, -0.2) is 33.7 Å². The van der Waals surface area contributed by atoms with Crippen molar-refractivity contribution in [2.45, 2.75) is 25.8 Å². The van der Waals surface area contributed by atoms with Crippen LogP contribution < -0.4 is 16.0 Å². The zero-order valence-corrected chi connectivity index (χ0v) is 15.1. The SMILES string of the molecule is Cc1c(NC2CCCNC2)nc2ccnn2c1Nc1ccc(F)c(Cl)c1. The number of hydrogen-bond donors (Lipinski definition) is 3. The monoisotopic (exact) mass is 374 g/mol. The van der Waals surface area contributed by atoms with Gasteiger partial charge < -0.3 is 16.0 Å². The van der Waals surface area contributed by atoms with Crippen molar-refractivity contribution in [2.75, 3.05) is 23.7 Å². The number of rotatable bonds is 4. The Morgan fingerprint density at radius 2 is 2.23 bits per heavy atom. The maximum atomic E-state index is 13.4. The van der Waals surface area contributed by atoms with Crippen molar-refractivity contribution >= 4 is 34.6 Å². The molecular weight excluding hydrogens is 355 g/mol. The first kappa shape index (κ1) is 17.1. The van der Waals surface area contributed by atoms with Crippen LogP contribution in [0.25, 0.3) is 5.65 Å². The first-order valence-corrected chi connectivity index (χ1v) is 9.03. The van der Waals surface area contributed by atoms with Crippen molar-refractivity contribution in [1.29, 1.82) is 0 Å². The molecule has 3 aromatic rings. The summed E-state index contributed by atoms with van der Waals surface area (Å²) < 4.78 is 15.2. The van der Waals surface area contributed by atoms with Crippen LogP contribution in [0.3, 0.4) is 0 Å². The summed E-state index contributed by atoms with van der Waals surface area (Å²) in [5.74, 6) is 1.15. The number of anilines is 3. The Kier molecular flexibility index (Phi) is 4.65. The Morgan fingerprint density at radius 1 is 1.35 bits per heavy atom. The van der Waals surface area contributed by atoms with Crippen LogP contribution in [0.15, 0.2) is 30.5 Å². The summed E-state index contributed by atoms with van der Waals surface area (Å²) in [6.07, 6.45) is 3.95. The number of halogens is 2. The van der Waals surface area contributed by atoms with Gasteiger partial charge in [-0.25, -0.2) is 9.37 Å². The van der Waals surface area contributed by atoms with E-state index in [0.29, 0.717) is 11.7 Å². The van der Waals surface area contributed by atoms with Crippen molar-refractivity contribution in [2.24, 2.45) is 0 Å². The Hall–Kier alpha value is -2.38. The van der Waals surface area contributed by atoms with Crippen LogP contribution in [-0.2, 0) is 0 Å². The number of nitrogens with one attached hydrogen (secondary N) is 3. The number of hydrogen-bond acceptors (Lipinski definition) is 5. The van der Waals surface area contributed by atoms with Crippen molar-refractivity contribution in [1.82, 2.24) is 19.9 Å². The fraction of sp³-hybridized carbons (Fsp3) is 0.333. The maximum Gasteiger partial charge on any atom is 0.159 e. The number of nitrogens with zero attached hydrogens (tertiary/aromatic N) is 3. The molecule has 8 heteroatoms. The van der Waals surface area contributed by atoms with E-state index in [2.05, 4.69) is 21.0 Å². The topological polar surface area (TPSA) is 66.3 Å². The molecular formula is C18H20ClFN6. The highest BCUT2D eigenvalue weighted by molar-refractivity contribution is 6.31. The van der Waals surface area contributed by atoms with E-state index in [0.717, 1.165) is 48.8 Å². The van der Waals surface area contributed by atoms with Crippen molar-refractivity contribution in [3.05, 3.63) is 46.9 Å². The maximum absolute atomic E-state index is 13.4. The first-order chi connectivity index (χ1) is 12.6. The standard InChI is InChI=1S/C18H20ClFN6/c1-11-17(23-13-3-2-7-21-10-13)25-16-6-8-22-26(16)18(11)24-12-4-5-15(20)14(19)9-12/h4-6,8-9,13,21,24H,2-3,7,10H2,1H3,(H,23,25). The molecule has 0 bridgehead atoms. The second kappa shape index (κ2) is 7.09. The van der Waals surface area contributed by atoms with E-state index in [1.54, 1.807) is 22.8 Å². The zero-order chi connectivity index (χ0) is 18.1. The van der Waals surface area contributed by atoms with Crippen molar-refractivity contribution in [3.63, 3.8) is 0 Å². The minimum atomic E-state index is -0.444. The van der Waals surface area contributed by atoms with E-state index in [-0.39, 0.29) is 5.02 Å². The summed E-state index contributed by atoms with van der Waals surface area (Å²) in [6, 6.07) is 6.74. The lowest BCUT2D eigenvalue weighted by Crippen LogP contribution is -2.38. The molecule has 0 aliphatic carbocycles. The Bertz CT molecular complexity index is 935.